The third-order valence-electron chi connectivity index (χ3n) is 1.66. The number of aldehydes is 2. The van der Waals surface area contributed by atoms with E-state index in [1.165, 1.54) is 0 Å². The van der Waals surface area contributed by atoms with Crippen molar-refractivity contribution in [2.45, 2.75) is 12.8 Å². The predicted molar refractivity (Wildman–Crippen MR) is 37.7 cm³/mol. The van der Waals surface area contributed by atoms with E-state index in [4.69, 9.17) is 11.6 Å². The number of allylic oxidation sites excluding steroid dienone is 2. The van der Waals surface area contributed by atoms with Gasteiger partial charge in [-0.3, -0.25) is 4.79 Å². The third kappa shape index (κ3) is 1.12. The molecule has 1 atom stereocenters. The molecular weight excluding hydrogens is 152 g/mol. The Balaban J connectivity index is 2.82. The molecule has 0 radical (unpaired) electrons. The van der Waals surface area contributed by atoms with Crippen molar-refractivity contribution < 1.29 is 9.59 Å². The van der Waals surface area contributed by atoms with Crippen LogP contribution < -0.4 is 0 Å². The average Bonchev–Trinajstić information content (AvgIpc) is 2.30. The van der Waals surface area contributed by atoms with Crippen molar-refractivity contribution in [1.82, 2.24) is 0 Å². The Morgan fingerprint density at radius 3 is 2.50 bits per heavy atom. The molecule has 2 nitrogen and oxygen atoms in total. The van der Waals surface area contributed by atoms with E-state index in [-0.39, 0.29) is 5.92 Å². The van der Waals surface area contributed by atoms with Crippen LogP contribution in [-0.2, 0) is 9.59 Å². The molecule has 0 saturated heterocycles. The summed E-state index contributed by atoms with van der Waals surface area (Å²) in [7, 11) is 0. The van der Waals surface area contributed by atoms with Gasteiger partial charge in [-0.1, -0.05) is 11.6 Å². The van der Waals surface area contributed by atoms with Crippen molar-refractivity contribution in [1.29, 1.82) is 0 Å². The van der Waals surface area contributed by atoms with Gasteiger partial charge < -0.3 is 4.79 Å². The Hall–Kier alpha value is -0.630. The van der Waals surface area contributed by atoms with Crippen LogP contribution >= 0.6 is 11.6 Å². The van der Waals surface area contributed by atoms with Crippen LogP contribution in [0.3, 0.4) is 0 Å². The molecule has 1 aliphatic rings. The van der Waals surface area contributed by atoms with Gasteiger partial charge in [-0.25, -0.2) is 0 Å². The van der Waals surface area contributed by atoms with Gasteiger partial charge in [-0.15, -0.1) is 0 Å². The lowest BCUT2D eigenvalue weighted by atomic mass is 10.1. The van der Waals surface area contributed by atoms with Crippen molar-refractivity contribution in [3.63, 3.8) is 0 Å². The molecule has 0 aromatic carbocycles. The highest BCUT2D eigenvalue weighted by atomic mass is 35.5. The van der Waals surface area contributed by atoms with Crippen LogP contribution in [0.25, 0.3) is 0 Å². The summed E-state index contributed by atoms with van der Waals surface area (Å²) in [6.45, 7) is 0. The lowest BCUT2D eigenvalue weighted by Gasteiger charge is -1.95. The number of hydrogen-bond donors (Lipinski definition) is 0. The van der Waals surface area contributed by atoms with Gasteiger partial charge in [0.25, 0.3) is 0 Å². The molecule has 54 valence electrons. The van der Waals surface area contributed by atoms with E-state index >= 15 is 0 Å². The number of halogens is 1. The molecule has 0 aromatic rings. The Morgan fingerprint density at radius 1 is 1.50 bits per heavy atom. The molecule has 0 spiro atoms. The van der Waals surface area contributed by atoms with Crippen LogP contribution in [-0.4, -0.2) is 12.6 Å². The maximum atomic E-state index is 10.2. The van der Waals surface area contributed by atoms with Gasteiger partial charge >= 0.3 is 0 Å². The first-order chi connectivity index (χ1) is 4.79. The van der Waals surface area contributed by atoms with Crippen LogP contribution in [0.2, 0.25) is 0 Å². The summed E-state index contributed by atoms with van der Waals surface area (Å²) in [5, 5.41) is 0.435. The van der Waals surface area contributed by atoms with Crippen molar-refractivity contribution in [2.24, 2.45) is 5.92 Å². The summed E-state index contributed by atoms with van der Waals surface area (Å²) in [6.07, 6.45) is 2.85. The highest BCUT2D eigenvalue weighted by Gasteiger charge is 2.22. The van der Waals surface area contributed by atoms with Gasteiger partial charge in [0.2, 0.25) is 0 Å². The summed E-state index contributed by atoms with van der Waals surface area (Å²) in [6, 6.07) is 0. The van der Waals surface area contributed by atoms with Gasteiger partial charge in [0.1, 0.15) is 12.6 Å². The largest absolute Gasteiger partial charge is 0.303 e. The molecule has 0 aliphatic heterocycles. The second-order valence-corrected chi connectivity index (χ2v) is 2.68. The summed E-state index contributed by atoms with van der Waals surface area (Å²) in [4.78, 5) is 20.5. The summed E-state index contributed by atoms with van der Waals surface area (Å²) >= 11 is 5.66. The molecule has 1 aliphatic carbocycles. The minimum Gasteiger partial charge on any atom is -0.303 e. The van der Waals surface area contributed by atoms with Crippen molar-refractivity contribution in [3.05, 3.63) is 10.6 Å². The first kappa shape index (κ1) is 7.48. The van der Waals surface area contributed by atoms with E-state index in [2.05, 4.69) is 0 Å². The van der Waals surface area contributed by atoms with E-state index < -0.39 is 0 Å². The summed E-state index contributed by atoms with van der Waals surface area (Å²) in [5.41, 5.74) is 0.582. The van der Waals surface area contributed by atoms with Crippen molar-refractivity contribution in [2.75, 3.05) is 0 Å². The molecule has 10 heavy (non-hydrogen) atoms. The number of carbonyl (C=O) groups excluding carboxylic acids is 2. The lowest BCUT2D eigenvalue weighted by molar-refractivity contribution is -0.110. The van der Waals surface area contributed by atoms with E-state index in [1.54, 1.807) is 0 Å². The van der Waals surface area contributed by atoms with E-state index in [1.807, 2.05) is 0 Å². The van der Waals surface area contributed by atoms with Crippen LogP contribution in [0.15, 0.2) is 10.6 Å². The van der Waals surface area contributed by atoms with Crippen LogP contribution in [0, 0.1) is 5.92 Å². The first-order valence-corrected chi connectivity index (χ1v) is 3.46. The summed E-state index contributed by atoms with van der Waals surface area (Å²) in [5.74, 6) is -0.220. The Bertz CT molecular complexity index is 196. The molecule has 0 fully saturated rings. The Kier molecular flexibility index (Phi) is 2.22. The van der Waals surface area contributed by atoms with E-state index in [0.29, 0.717) is 23.4 Å². The number of carbonyl (C=O) groups is 2. The zero-order valence-corrected chi connectivity index (χ0v) is 6.10. The van der Waals surface area contributed by atoms with Gasteiger partial charge in [0.15, 0.2) is 0 Å². The standard InChI is InChI=1S/C7H7ClO2/c8-7-5(3-9)1-2-6(7)4-10/h3-5H,1-2H2. The number of rotatable bonds is 2. The van der Waals surface area contributed by atoms with Gasteiger partial charge in [-0.05, 0) is 12.8 Å². The topological polar surface area (TPSA) is 34.1 Å². The molecule has 1 unspecified atom stereocenters. The first-order valence-electron chi connectivity index (χ1n) is 3.08. The van der Waals surface area contributed by atoms with Crippen LogP contribution in [0.4, 0.5) is 0 Å². The molecule has 0 aromatic heterocycles. The minimum absolute atomic E-state index is 0.220. The van der Waals surface area contributed by atoms with Crippen molar-refractivity contribution in [3.8, 4) is 0 Å². The normalized spacial score (nSPS) is 25.1. The monoisotopic (exact) mass is 158 g/mol. The zero-order valence-electron chi connectivity index (χ0n) is 5.34. The molecular formula is C7H7ClO2. The van der Waals surface area contributed by atoms with Crippen LogP contribution in [0.5, 0.6) is 0 Å². The second kappa shape index (κ2) is 2.97. The lowest BCUT2D eigenvalue weighted by Crippen LogP contribution is -1.95. The fraction of sp³-hybridized carbons (Fsp3) is 0.429. The average molecular weight is 159 g/mol. The van der Waals surface area contributed by atoms with E-state index in [9.17, 15) is 9.59 Å². The Labute approximate surface area is 63.9 Å². The smallest absolute Gasteiger partial charge is 0.147 e. The molecule has 0 saturated carbocycles. The highest BCUT2D eigenvalue weighted by Crippen LogP contribution is 2.31. The quantitative estimate of drug-likeness (QED) is 0.568. The fourth-order valence-corrected chi connectivity index (χ4v) is 1.34. The highest BCUT2D eigenvalue weighted by molar-refractivity contribution is 6.32. The number of hydrogen-bond acceptors (Lipinski definition) is 2. The maximum absolute atomic E-state index is 10.2. The van der Waals surface area contributed by atoms with Crippen LogP contribution in [0.1, 0.15) is 12.8 Å². The zero-order chi connectivity index (χ0) is 7.56. The second-order valence-electron chi connectivity index (χ2n) is 2.27. The molecule has 0 heterocycles. The fourth-order valence-electron chi connectivity index (χ4n) is 1.04. The molecule has 1 rings (SSSR count). The minimum atomic E-state index is -0.220. The van der Waals surface area contributed by atoms with E-state index in [0.717, 1.165) is 12.6 Å². The molecule has 3 heteroatoms. The molecule has 0 amide bonds. The Morgan fingerprint density at radius 2 is 2.20 bits per heavy atom. The maximum Gasteiger partial charge on any atom is 0.147 e. The van der Waals surface area contributed by atoms with Crippen molar-refractivity contribution >= 4 is 24.2 Å². The SMILES string of the molecule is O=CC1=C(Cl)C(C=O)CC1. The molecule has 0 bridgehead atoms. The van der Waals surface area contributed by atoms with Gasteiger partial charge in [0.05, 0.1) is 5.92 Å². The van der Waals surface area contributed by atoms with Gasteiger partial charge in [0, 0.05) is 10.6 Å². The molecule has 0 N–H and O–H groups in total. The van der Waals surface area contributed by atoms with Gasteiger partial charge in [-0.2, -0.15) is 0 Å². The third-order valence-corrected chi connectivity index (χ3v) is 2.19. The summed E-state index contributed by atoms with van der Waals surface area (Å²) < 4.78 is 0. The predicted octanol–water partition coefficient (Wildman–Crippen LogP) is 1.29.